The maximum atomic E-state index is 12.1. The molecule has 0 fully saturated rings. The fourth-order valence-electron chi connectivity index (χ4n) is 1.08. The van der Waals surface area contributed by atoms with Crippen molar-refractivity contribution in [3.63, 3.8) is 0 Å². The van der Waals surface area contributed by atoms with Gasteiger partial charge in [-0.1, -0.05) is 18.2 Å². The van der Waals surface area contributed by atoms with Gasteiger partial charge in [0.2, 0.25) is 0 Å². The topological polar surface area (TPSA) is 78.2 Å². The molecule has 1 atom stereocenters. The third-order valence-electron chi connectivity index (χ3n) is 1.71. The number of rotatable bonds is 3. The van der Waals surface area contributed by atoms with Crippen molar-refractivity contribution in [3.05, 3.63) is 35.0 Å². The van der Waals surface area contributed by atoms with Gasteiger partial charge >= 0.3 is 29.6 Å². The van der Waals surface area contributed by atoms with Crippen LogP contribution in [0, 0.1) is 0 Å². The summed E-state index contributed by atoms with van der Waals surface area (Å²) in [5.74, 6) is 0. The van der Waals surface area contributed by atoms with E-state index in [2.05, 4.69) is 0 Å². The Hall–Kier alpha value is 0.0200. The van der Waals surface area contributed by atoms with E-state index in [1.807, 2.05) is 0 Å². The van der Waals surface area contributed by atoms with E-state index in [-0.39, 0.29) is 40.0 Å². The second kappa shape index (κ2) is 5.93. The Morgan fingerprint density at radius 1 is 1.40 bits per heavy atom. The van der Waals surface area contributed by atoms with Crippen LogP contribution in [0.2, 0.25) is 0 Å². The summed E-state index contributed by atoms with van der Waals surface area (Å²) in [6.45, 7) is -1.08. The number of sulfonamides is 1. The van der Waals surface area contributed by atoms with Crippen LogP contribution in [0.4, 0.5) is 4.39 Å². The minimum Gasteiger partial charge on any atom is -0.560 e. The van der Waals surface area contributed by atoms with Crippen LogP contribution in [0.1, 0.15) is 11.7 Å². The summed E-state index contributed by atoms with van der Waals surface area (Å²) < 4.78 is 33.9. The Morgan fingerprint density at radius 2 is 1.93 bits per heavy atom. The molecule has 0 radical (unpaired) electrons. The predicted octanol–water partition coefficient (Wildman–Crippen LogP) is -1.57. The molecule has 0 aromatic heterocycles. The average Bonchev–Trinajstić information content (AvgIpc) is 2.15. The molecule has 0 aliphatic rings. The molecule has 7 heteroatoms. The van der Waals surface area contributed by atoms with Gasteiger partial charge in [0, 0.05) is 5.56 Å². The van der Waals surface area contributed by atoms with E-state index in [9.17, 15) is 12.8 Å². The average molecular weight is 241 g/mol. The maximum Gasteiger partial charge on any atom is 1.00 e. The molecule has 0 saturated heterocycles. The van der Waals surface area contributed by atoms with E-state index in [0.717, 1.165) is 6.07 Å². The van der Waals surface area contributed by atoms with E-state index in [4.69, 9.17) is 10.2 Å². The Balaban J connectivity index is 0.00000196. The summed E-state index contributed by atoms with van der Waals surface area (Å²) in [7, 11) is -4.17. The third-order valence-corrected chi connectivity index (χ3v) is 2.66. The number of aliphatic hydroxyl groups excluding tert-OH is 1. The van der Waals surface area contributed by atoms with E-state index >= 15 is 0 Å². The number of hydrogen-bond acceptors (Lipinski definition) is 3. The van der Waals surface area contributed by atoms with Crippen molar-refractivity contribution in [2.24, 2.45) is 0 Å². The van der Waals surface area contributed by atoms with Crippen LogP contribution in [0.5, 0.6) is 0 Å². The van der Waals surface area contributed by atoms with E-state index in [0.29, 0.717) is 0 Å². The predicted molar refractivity (Wildman–Crippen MR) is 48.9 cm³/mol. The van der Waals surface area contributed by atoms with Crippen LogP contribution in [-0.2, 0) is 10.0 Å². The molecule has 0 amide bonds. The first-order valence-corrected chi connectivity index (χ1v) is 5.27. The van der Waals surface area contributed by atoms with Gasteiger partial charge in [-0.15, -0.1) is 0 Å². The Kier molecular flexibility index (Phi) is 5.94. The SMILES string of the molecule is [NH-]S(=O)(=O)c1ccccc1C(O)CF.[Na+]. The maximum absolute atomic E-state index is 12.1. The molecule has 0 heterocycles. The van der Waals surface area contributed by atoms with E-state index in [1.54, 1.807) is 0 Å². The van der Waals surface area contributed by atoms with Gasteiger partial charge in [0.25, 0.3) is 0 Å². The van der Waals surface area contributed by atoms with Crippen LogP contribution in [0.15, 0.2) is 29.2 Å². The summed E-state index contributed by atoms with van der Waals surface area (Å²) >= 11 is 0. The van der Waals surface area contributed by atoms with Crippen molar-refractivity contribution in [2.45, 2.75) is 11.0 Å². The number of benzene rings is 1. The first kappa shape index (κ1) is 15.0. The smallest absolute Gasteiger partial charge is 0.560 e. The molecule has 78 valence electrons. The van der Waals surface area contributed by atoms with Gasteiger partial charge in [-0.3, -0.25) is 0 Å². The van der Waals surface area contributed by atoms with Crippen LogP contribution in [0.3, 0.4) is 0 Å². The molecule has 0 bridgehead atoms. The number of alkyl halides is 1. The molecular weight excluding hydrogens is 232 g/mol. The molecule has 0 aliphatic carbocycles. The molecule has 1 unspecified atom stereocenters. The Bertz CT molecular complexity index is 424. The minimum atomic E-state index is -4.17. The van der Waals surface area contributed by atoms with Crippen molar-refractivity contribution in [3.8, 4) is 0 Å². The zero-order chi connectivity index (χ0) is 10.8. The van der Waals surface area contributed by atoms with Gasteiger partial charge in [0.1, 0.15) is 12.8 Å². The second-order valence-electron chi connectivity index (χ2n) is 2.71. The van der Waals surface area contributed by atoms with Gasteiger partial charge in [0.15, 0.2) is 0 Å². The first-order valence-electron chi connectivity index (χ1n) is 3.79. The molecule has 1 aromatic carbocycles. The van der Waals surface area contributed by atoms with Crippen molar-refractivity contribution < 1.29 is 47.5 Å². The third kappa shape index (κ3) is 3.82. The van der Waals surface area contributed by atoms with Crippen molar-refractivity contribution in [1.82, 2.24) is 0 Å². The zero-order valence-electron chi connectivity index (χ0n) is 8.14. The minimum absolute atomic E-state index is 0. The molecule has 15 heavy (non-hydrogen) atoms. The first-order chi connectivity index (χ1) is 6.46. The fourth-order valence-corrected chi connectivity index (χ4v) is 1.86. The summed E-state index contributed by atoms with van der Waals surface area (Å²) in [5, 5.41) is 16.0. The van der Waals surface area contributed by atoms with Gasteiger partial charge < -0.3 is 10.2 Å². The molecule has 1 aromatic rings. The fraction of sp³-hybridized carbons (Fsp3) is 0.250. The van der Waals surface area contributed by atoms with Crippen molar-refractivity contribution in [2.75, 3.05) is 6.67 Å². The summed E-state index contributed by atoms with van der Waals surface area (Å²) in [6, 6.07) is 5.33. The van der Waals surface area contributed by atoms with Crippen molar-refractivity contribution in [1.29, 1.82) is 0 Å². The molecule has 0 spiro atoms. The van der Waals surface area contributed by atoms with Gasteiger partial charge in [0.05, 0.1) is 14.9 Å². The summed E-state index contributed by atoms with van der Waals surface area (Å²) in [6.07, 6.45) is -1.49. The van der Waals surface area contributed by atoms with Gasteiger partial charge in [-0.05, 0) is 6.07 Å². The number of halogens is 1. The van der Waals surface area contributed by atoms with Gasteiger partial charge in [-0.2, -0.15) is 0 Å². The molecule has 0 aliphatic heterocycles. The quantitative estimate of drug-likeness (QED) is 0.650. The molecule has 1 rings (SSSR count). The molecule has 0 saturated carbocycles. The Morgan fingerprint density at radius 3 is 2.40 bits per heavy atom. The second-order valence-corrected chi connectivity index (χ2v) is 4.16. The molecular formula is C8H9FNNaO3S. The Labute approximate surface area is 110 Å². The van der Waals surface area contributed by atoms with Crippen LogP contribution >= 0.6 is 0 Å². The van der Waals surface area contributed by atoms with Crippen LogP contribution in [-0.4, -0.2) is 20.2 Å². The van der Waals surface area contributed by atoms with E-state index < -0.39 is 22.8 Å². The van der Waals surface area contributed by atoms with Gasteiger partial charge in [-0.25, -0.2) is 12.8 Å². The number of nitrogens with one attached hydrogen (secondary N) is 1. The van der Waals surface area contributed by atoms with Crippen LogP contribution < -0.4 is 29.6 Å². The summed E-state index contributed by atoms with van der Waals surface area (Å²) in [5.41, 5.74) is -0.0787. The summed E-state index contributed by atoms with van der Waals surface area (Å²) in [4.78, 5) is -0.356. The normalized spacial score (nSPS) is 13.0. The largest absolute Gasteiger partial charge is 1.00 e. The van der Waals surface area contributed by atoms with Crippen molar-refractivity contribution >= 4 is 10.0 Å². The molecule has 4 nitrogen and oxygen atoms in total. The standard InChI is InChI=1S/C8H9FNO3S.Na/c9-5-7(11)6-3-1-2-4-8(6)14(10,12)13;/h1-4,7,11H,5H2,(H-,10,12,13);/q-1;+1. The van der Waals surface area contributed by atoms with E-state index in [1.165, 1.54) is 18.2 Å². The number of aliphatic hydroxyl groups is 1. The number of hydrogen-bond donors (Lipinski definition) is 1. The van der Waals surface area contributed by atoms with Crippen LogP contribution in [0.25, 0.3) is 5.14 Å². The molecule has 2 N–H and O–H groups in total. The monoisotopic (exact) mass is 241 g/mol. The zero-order valence-corrected chi connectivity index (χ0v) is 11.0.